The fourth-order valence-corrected chi connectivity index (χ4v) is 3.24. The normalized spacial score (nSPS) is 19.7. The molecule has 1 saturated carbocycles. The minimum Gasteiger partial charge on any atom is -0.299 e. The lowest BCUT2D eigenvalue weighted by Crippen LogP contribution is -2.17. The van der Waals surface area contributed by atoms with Crippen molar-refractivity contribution in [3.63, 3.8) is 0 Å². The van der Waals surface area contributed by atoms with Crippen LogP contribution in [-0.2, 0) is 22.0 Å². The van der Waals surface area contributed by atoms with E-state index in [2.05, 4.69) is 59.7 Å². The highest BCUT2D eigenvalue weighted by atomic mass is 16.1. The third-order valence-corrected chi connectivity index (χ3v) is 4.94. The van der Waals surface area contributed by atoms with Crippen LogP contribution in [0.1, 0.15) is 83.9 Å². The Balaban J connectivity index is 2.24. The molecule has 22 heavy (non-hydrogen) atoms. The molecule has 1 aromatic rings. The highest BCUT2D eigenvalue weighted by Gasteiger charge is 2.25. The molecule has 0 N–H and O–H groups in total. The zero-order valence-corrected chi connectivity index (χ0v) is 15.3. The van der Waals surface area contributed by atoms with Crippen molar-refractivity contribution in [2.75, 3.05) is 0 Å². The Labute approximate surface area is 136 Å². The predicted octanol–water partition coefficient (Wildman–Crippen LogP) is 5.58. The first-order valence-corrected chi connectivity index (χ1v) is 8.75. The molecule has 1 unspecified atom stereocenters. The molecule has 2 rings (SSSR count). The van der Waals surface area contributed by atoms with Gasteiger partial charge in [0.2, 0.25) is 0 Å². The van der Waals surface area contributed by atoms with Crippen LogP contribution in [0.25, 0.3) is 0 Å². The Bertz CT molecular complexity index is 508. The Morgan fingerprint density at radius 3 is 1.91 bits per heavy atom. The number of benzene rings is 1. The number of Topliss-reactive ketones (excluding diaryl/α,β-unsaturated/α-hetero) is 1. The van der Waals surface area contributed by atoms with Crippen molar-refractivity contribution in [1.29, 1.82) is 0 Å². The SMILES string of the molecule is CC(C)(C)c1cc(CCC2CCCC2=O)cc(C(C)(C)C)c1. The quantitative estimate of drug-likeness (QED) is 0.712. The van der Waals surface area contributed by atoms with Gasteiger partial charge in [-0.3, -0.25) is 4.79 Å². The van der Waals surface area contributed by atoms with E-state index in [0.717, 1.165) is 32.1 Å². The second-order valence-electron chi connectivity index (χ2n) is 9.01. The summed E-state index contributed by atoms with van der Waals surface area (Å²) in [7, 11) is 0. The fourth-order valence-electron chi connectivity index (χ4n) is 3.24. The molecule has 1 nitrogen and oxygen atoms in total. The molecular weight excluding hydrogens is 268 g/mol. The maximum absolute atomic E-state index is 11.8. The number of carbonyl (C=O) groups excluding carboxylic acids is 1. The average molecular weight is 300 g/mol. The molecule has 0 amide bonds. The molecule has 122 valence electrons. The molecule has 1 heteroatoms. The van der Waals surface area contributed by atoms with Gasteiger partial charge in [-0.15, -0.1) is 0 Å². The molecule has 1 aromatic carbocycles. The number of ketones is 1. The van der Waals surface area contributed by atoms with E-state index in [0.29, 0.717) is 11.7 Å². The predicted molar refractivity (Wildman–Crippen MR) is 94.5 cm³/mol. The minimum absolute atomic E-state index is 0.166. The number of carbonyl (C=O) groups is 1. The van der Waals surface area contributed by atoms with Gasteiger partial charge in [-0.1, -0.05) is 59.7 Å². The lowest BCUT2D eigenvalue weighted by atomic mass is 9.79. The van der Waals surface area contributed by atoms with Gasteiger partial charge >= 0.3 is 0 Å². The van der Waals surface area contributed by atoms with Gasteiger partial charge in [0.1, 0.15) is 5.78 Å². The van der Waals surface area contributed by atoms with E-state index in [4.69, 9.17) is 0 Å². The van der Waals surface area contributed by atoms with Crippen molar-refractivity contribution in [2.24, 2.45) is 5.92 Å². The van der Waals surface area contributed by atoms with Crippen molar-refractivity contribution < 1.29 is 4.79 Å². The van der Waals surface area contributed by atoms with E-state index in [1.807, 2.05) is 0 Å². The molecule has 0 bridgehead atoms. The zero-order valence-electron chi connectivity index (χ0n) is 15.3. The van der Waals surface area contributed by atoms with Gasteiger partial charge in [0.15, 0.2) is 0 Å². The lowest BCUT2D eigenvalue weighted by molar-refractivity contribution is -0.120. The highest BCUT2D eigenvalue weighted by Crippen LogP contribution is 2.32. The first-order chi connectivity index (χ1) is 10.1. The Morgan fingerprint density at radius 1 is 0.955 bits per heavy atom. The van der Waals surface area contributed by atoms with Crippen LogP contribution in [0.5, 0.6) is 0 Å². The minimum atomic E-state index is 0.166. The summed E-state index contributed by atoms with van der Waals surface area (Å²) in [6.07, 6.45) is 5.06. The van der Waals surface area contributed by atoms with E-state index in [1.165, 1.54) is 16.7 Å². The van der Waals surface area contributed by atoms with E-state index < -0.39 is 0 Å². The third kappa shape index (κ3) is 4.21. The van der Waals surface area contributed by atoms with Crippen molar-refractivity contribution in [3.8, 4) is 0 Å². The van der Waals surface area contributed by atoms with Crippen LogP contribution in [0.3, 0.4) is 0 Å². The van der Waals surface area contributed by atoms with Crippen LogP contribution in [-0.4, -0.2) is 5.78 Å². The van der Waals surface area contributed by atoms with Crippen molar-refractivity contribution in [2.45, 2.75) is 84.5 Å². The topological polar surface area (TPSA) is 17.1 Å². The van der Waals surface area contributed by atoms with Crippen molar-refractivity contribution >= 4 is 5.78 Å². The number of hydrogen-bond acceptors (Lipinski definition) is 1. The summed E-state index contributed by atoms with van der Waals surface area (Å²) < 4.78 is 0. The Hall–Kier alpha value is -1.11. The van der Waals surface area contributed by atoms with Crippen molar-refractivity contribution in [1.82, 2.24) is 0 Å². The highest BCUT2D eigenvalue weighted by molar-refractivity contribution is 5.82. The summed E-state index contributed by atoms with van der Waals surface area (Å²) in [5.41, 5.74) is 4.55. The van der Waals surface area contributed by atoms with Crippen LogP contribution < -0.4 is 0 Å². The second kappa shape index (κ2) is 6.18. The van der Waals surface area contributed by atoms with Gasteiger partial charge in [-0.2, -0.15) is 0 Å². The molecule has 1 aliphatic carbocycles. The zero-order chi connectivity index (χ0) is 16.5. The first kappa shape index (κ1) is 17.2. The molecule has 0 aliphatic heterocycles. The van der Waals surface area contributed by atoms with Gasteiger partial charge in [0.25, 0.3) is 0 Å². The maximum atomic E-state index is 11.8. The largest absolute Gasteiger partial charge is 0.299 e. The monoisotopic (exact) mass is 300 g/mol. The molecular formula is C21H32O. The van der Waals surface area contributed by atoms with Crippen LogP contribution in [0.4, 0.5) is 0 Å². The van der Waals surface area contributed by atoms with Gasteiger partial charge in [-0.05, 0) is 53.2 Å². The smallest absolute Gasteiger partial charge is 0.135 e. The Kier molecular flexibility index (Phi) is 4.84. The molecule has 0 aromatic heterocycles. The number of rotatable bonds is 3. The fraction of sp³-hybridized carbons (Fsp3) is 0.667. The van der Waals surface area contributed by atoms with Gasteiger partial charge in [-0.25, -0.2) is 0 Å². The second-order valence-corrected chi connectivity index (χ2v) is 9.01. The van der Waals surface area contributed by atoms with Crippen LogP contribution >= 0.6 is 0 Å². The summed E-state index contributed by atoms with van der Waals surface area (Å²) in [5, 5.41) is 0. The molecule has 0 radical (unpaired) electrons. The van der Waals surface area contributed by atoms with Crippen LogP contribution in [0, 0.1) is 5.92 Å². The van der Waals surface area contributed by atoms with Gasteiger partial charge < -0.3 is 0 Å². The van der Waals surface area contributed by atoms with Crippen LogP contribution in [0.15, 0.2) is 18.2 Å². The summed E-state index contributed by atoms with van der Waals surface area (Å²) in [6.45, 7) is 13.7. The maximum Gasteiger partial charge on any atom is 0.135 e. The van der Waals surface area contributed by atoms with Crippen molar-refractivity contribution in [3.05, 3.63) is 34.9 Å². The third-order valence-electron chi connectivity index (χ3n) is 4.94. The van der Waals surface area contributed by atoms with Crippen LogP contribution in [0.2, 0.25) is 0 Å². The Morgan fingerprint density at radius 2 is 1.50 bits per heavy atom. The van der Waals surface area contributed by atoms with Gasteiger partial charge in [0.05, 0.1) is 0 Å². The summed E-state index contributed by atoms with van der Waals surface area (Å²) in [5.74, 6) is 0.805. The van der Waals surface area contributed by atoms with E-state index in [-0.39, 0.29) is 10.8 Å². The molecule has 0 spiro atoms. The van der Waals surface area contributed by atoms with E-state index >= 15 is 0 Å². The molecule has 1 fully saturated rings. The standard InChI is InChI=1S/C21H32O/c1-20(2,3)17-12-15(13-18(14-17)21(4,5)6)10-11-16-8-7-9-19(16)22/h12-14,16H,7-11H2,1-6H3. The average Bonchev–Trinajstić information content (AvgIpc) is 2.79. The number of aryl methyl sites for hydroxylation is 1. The molecule has 0 heterocycles. The summed E-state index contributed by atoms with van der Waals surface area (Å²) >= 11 is 0. The number of hydrogen-bond donors (Lipinski definition) is 0. The molecule has 0 saturated heterocycles. The van der Waals surface area contributed by atoms with E-state index in [1.54, 1.807) is 0 Å². The molecule has 1 atom stereocenters. The first-order valence-electron chi connectivity index (χ1n) is 8.75. The van der Waals surface area contributed by atoms with E-state index in [9.17, 15) is 4.79 Å². The molecule has 1 aliphatic rings. The van der Waals surface area contributed by atoms with Gasteiger partial charge in [0, 0.05) is 12.3 Å². The lowest BCUT2D eigenvalue weighted by Gasteiger charge is -2.26. The summed E-state index contributed by atoms with van der Waals surface area (Å²) in [4.78, 5) is 11.8. The summed E-state index contributed by atoms with van der Waals surface area (Å²) in [6, 6.07) is 7.08.